The fourth-order valence-electron chi connectivity index (χ4n) is 4.10. The van der Waals surface area contributed by atoms with Gasteiger partial charge in [0.2, 0.25) is 0 Å². The number of hydrogen-bond donors (Lipinski definition) is 1. The predicted octanol–water partition coefficient (Wildman–Crippen LogP) is 2.67. The van der Waals surface area contributed by atoms with Crippen molar-refractivity contribution in [1.82, 2.24) is 0 Å². The fraction of sp³-hybridized carbons (Fsp3) is 0.933. The molecule has 3 saturated carbocycles. The van der Waals surface area contributed by atoms with Crippen molar-refractivity contribution in [2.45, 2.75) is 62.1 Å². The summed E-state index contributed by atoms with van der Waals surface area (Å²) in [6.45, 7) is 0.299. The van der Waals surface area contributed by atoms with E-state index in [-0.39, 0.29) is 5.78 Å². The first kappa shape index (κ1) is 22.6. The minimum atomic E-state index is -5.84. The van der Waals surface area contributed by atoms with Crippen LogP contribution in [0.5, 0.6) is 0 Å². The van der Waals surface area contributed by atoms with Gasteiger partial charge >= 0.3 is 15.6 Å². The van der Waals surface area contributed by atoms with Crippen LogP contribution in [0.4, 0.5) is 13.2 Å². The van der Waals surface area contributed by atoms with Gasteiger partial charge in [0.1, 0.15) is 5.25 Å². The first-order valence-corrected chi connectivity index (χ1v) is 11.7. The summed E-state index contributed by atoms with van der Waals surface area (Å²) in [6, 6.07) is 0. The van der Waals surface area contributed by atoms with Crippen molar-refractivity contribution in [1.29, 1.82) is 0 Å². The molecule has 2 bridgehead atoms. The molecule has 0 spiro atoms. The minimum Gasteiger partial charge on any atom is -0.298 e. The van der Waals surface area contributed by atoms with Crippen LogP contribution in [0.15, 0.2) is 0 Å². The van der Waals surface area contributed by atoms with Crippen molar-refractivity contribution < 1.29 is 43.5 Å². The molecule has 0 amide bonds. The monoisotopic (exact) mass is 436 g/mol. The van der Waals surface area contributed by atoms with Crippen LogP contribution in [0.3, 0.4) is 0 Å². The Balaban J connectivity index is 0.000000279. The number of ketones is 1. The van der Waals surface area contributed by atoms with E-state index in [1.807, 2.05) is 0 Å². The van der Waals surface area contributed by atoms with Crippen molar-refractivity contribution >= 4 is 26.0 Å². The van der Waals surface area contributed by atoms with Gasteiger partial charge in [-0.25, -0.2) is 0 Å². The van der Waals surface area contributed by atoms with Gasteiger partial charge in [-0.1, -0.05) is 12.8 Å². The molecule has 0 saturated heterocycles. The first-order chi connectivity index (χ1) is 12.3. The molecular formula is C15H23F3O7S2. The number of halogens is 3. The van der Waals surface area contributed by atoms with Gasteiger partial charge in [0.05, 0.1) is 6.61 Å². The van der Waals surface area contributed by atoms with E-state index in [0.29, 0.717) is 31.3 Å². The maximum Gasteiger partial charge on any atom is 0.522 e. The molecule has 0 aromatic heterocycles. The highest BCUT2D eigenvalue weighted by Gasteiger charge is 2.44. The second-order valence-electron chi connectivity index (χ2n) is 7.33. The van der Waals surface area contributed by atoms with Crippen molar-refractivity contribution in [3.63, 3.8) is 0 Å². The summed E-state index contributed by atoms with van der Waals surface area (Å²) in [4.78, 5) is 11.7. The van der Waals surface area contributed by atoms with E-state index in [1.54, 1.807) is 0 Å². The topological polar surface area (TPSA) is 115 Å². The van der Waals surface area contributed by atoms with E-state index in [4.69, 9.17) is 17.2 Å². The lowest BCUT2D eigenvalue weighted by Crippen LogP contribution is -2.35. The van der Waals surface area contributed by atoms with Crippen LogP contribution >= 0.6 is 0 Å². The summed E-state index contributed by atoms with van der Waals surface area (Å²) in [5, 5.41) is -0.889. The van der Waals surface area contributed by atoms with Gasteiger partial charge in [-0.3, -0.25) is 13.5 Å². The third-order valence-corrected chi connectivity index (χ3v) is 7.72. The van der Waals surface area contributed by atoms with E-state index < -0.39 is 31.0 Å². The highest BCUT2D eigenvalue weighted by molar-refractivity contribution is 7.88. The Kier molecular flexibility index (Phi) is 6.97. The van der Waals surface area contributed by atoms with Gasteiger partial charge in [0.25, 0.3) is 10.1 Å². The zero-order valence-corrected chi connectivity index (χ0v) is 16.2. The van der Waals surface area contributed by atoms with Gasteiger partial charge < -0.3 is 0 Å². The molecular weight excluding hydrogens is 413 g/mol. The molecule has 0 radical (unpaired) electrons. The smallest absolute Gasteiger partial charge is 0.298 e. The lowest BCUT2D eigenvalue weighted by molar-refractivity contribution is -0.120. The number of carbonyl (C=O) groups is 1. The Morgan fingerprint density at radius 1 is 1.04 bits per heavy atom. The number of carbonyl (C=O) groups excluding carboxylic acids is 1. The molecule has 3 aliphatic rings. The zero-order chi connectivity index (χ0) is 20.5. The first-order valence-electron chi connectivity index (χ1n) is 8.76. The largest absolute Gasteiger partial charge is 0.522 e. The lowest BCUT2D eigenvalue weighted by atomic mass is 9.90. The summed E-state index contributed by atoms with van der Waals surface area (Å²) < 4.78 is 87.0. The van der Waals surface area contributed by atoms with Crippen molar-refractivity contribution in [2.75, 3.05) is 6.61 Å². The van der Waals surface area contributed by atoms with Gasteiger partial charge in [0.15, 0.2) is 5.78 Å². The summed E-state index contributed by atoms with van der Waals surface area (Å²) in [5.41, 5.74) is -5.53. The van der Waals surface area contributed by atoms with E-state index >= 15 is 0 Å². The predicted molar refractivity (Wildman–Crippen MR) is 88.7 cm³/mol. The number of alkyl halides is 3. The molecule has 0 aliphatic heterocycles. The molecule has 1 N–H and O–H groups in total. The van der Waals surface area contributed by atoms with E-state index in [0.717, 1.165) is 25.2 Å². The number of hydrogen-bond acceptors (Lipinski definition) is 6. The van der Waals surface area contributed by atoms with Crippen LogP contribution < -0.4 is 0 Å². The molecule has 0 heterocycles. The second kappa shape index (κ2) is 8.34. The average Bonchev–Trinajstić information content (AvgIpc) is 3.15. The highest BCUT2D eigenvalue weighted by Crippen LogP contribution is 2.48. The Hall–Kier alpha value is -0.720. The number of fused-ring (bicyclic) bond motifs is 2. The molecule has 158 valence electrons. The van der Waals surface area contributed by atoms with Crippen LogP contribution in [0, 0.1) is 17.8 Å². The Labute approximate surface area is 156 Å². The lowest BCUT2D eigenvalue weighted by Gasteiger charge is -2.24. The average molecular weight is 436 g/mol. The minimum absolute atomic E-state index is 0.154. The molecule has 4 atom stereocenters. The van der Waals surface area contributed by atoms with Crippen LogP contribution in [0.2, 0.25) is 0 Å². The quantitative estimate of drug-likeness (QED) is 0.409. The van der Waals surface area contributed by atoms with Crippen LogP contribution in [0.1, 0.15) is 51.4 Å². The second-order valence-corrected chi connectivity index (χ2v) is 10.5. The Bertz CT molecular complexity index is 746. The van der Waals surface area contributed by atoms with Crippen LogP contribution in [0.25, 0.3) is 0 Å². The van der Waals surface area contributed by atoms with Crippen LogP contribution in [-0.2, 0) is 29.2 Å². The summed E-state index contributed by atoms with van der Waals surface area (Å²) >= 11 is 0. The molecule has 12 heteroatoms. The van der Waals surface area contributed by atoms with Gasteiger partial charge in [-0.05, 0) is 49.9 Å². The third kappa shape index (κ3) is 5.88. The standard InChI is InChI=1S/C14H22O4S.CHF3O3S/c15-13-3-1-2-4-14(13)19(16,17)18-9-12-8-10-5-6-11(12)7-10;2-1(3,4)8(5,6)7/h10-12,14H,1-9H2;(H,5,6,7). The van der Waals surface area contributed by atoms with E-state index in [9.17, 15) is 26.4 Å². The molecule has 3 fully saturated rings. The molecule has 7 nitrogen and oxygen atoms in total. The van der Waals surface area contributed by atoms with Crippen molar-refractivity contribution in [3.8, 4) is 0 Å². The molecule has 3 aliphatic carbocycles. The van der Waals surface area contributed by atoms with Gasteiger partial charge in [-0.2, -0.15) is 30.0 Å². The normalized spacial score (nSPS) is 31.5. The Morgan fingerprint density at radius 3 is 2.11 bits per heavy atom. The maximum atomic E-state index is 12.1. The molecule has 3 rings (SSSR count). The van der Waals surface area contributed by atoms with Gasteiger partial charge in [0, 0.05) is 6.42 Å². The molecule has 0 aromatic rings. The summed E-state index contributed by atoms with van der Waals surface area (Å²) in [5.74, 6) is 1.69. The van der Waals surface area contributed by atoms with Crippen LogP contribution in [-0.4, -0.2) is 44.5 Å². The zero-order valence-electron chi connectivity index (χ0n) is 14.5. The van der Waals surface area contributed by atoms with Crippen molar-refractivity contribution in [2.24, 2.45) is 17.8 Å². The molecule has 0 aromatic carbocycles. The van der Waals surface area contributed by atoms with E-state index in [2.05, 4.69) is 0 Å². The summed E-state index contributed by atoms with van der Waals surface area (Å²) in [7, 11) is -9.53. The number of Topliss-reactive ketones (excluding diaryl/α,β-unsaturated/α-hetero) is 1. The molecule has 4 unspecified atom stereocenters. The van der Waals surface area contributed by atoms with E-state index in [1.165, 1.54) is 19.3 Å². The van der Waals surface area contributed by atoms with Gasteiger partial charge in [-0.15, -0.1) is 0 Å². The fourth-order valence-corrected chi connectivity index (χ4v) is 5.53. The number of rotatable bonds is 4. The Morgan fingerprint density at radius 2 is 1.67 bits per heavy atom. The SMILES string of the molecule is O=C1CCCCC1S(=O)(=O)OCC1CC2CCC1C2.O=S(=O)(O)C(F)(F)F. The highest BCUT2D eigenvalue weighted by atomic mass is 32.2. The third-order valence-electron chi connectivity index (χ3n) is 5.47. The molecule has 27 heavy (non-hydrogen) atoms. The van der Waals surface area contributed by atoms with Crippen molar-refractivity contribution in [3.05, 3.63) is 0 Å². The summed E-state index contributed by atoms with van der Waals surface area (Å²) in [6.07, 6.45) is 7.34. The maximum absolute atomic E-state index is 12.1.